The van der Waals surface area contributed by atoms with E-state index in [1.807, 2.05) is 13.8 Å². The van der Waals surface area contributed by atoms with Crippen molar-refractivity contribution >= 4 is 22.2 Å². The molecule has 6 nitrogen and oxygen atoms in total. The molecule has 0 saturated heterocycles. The molecular weight excluding hydrogens is 278 g/mol. The van der Waals surface area contributed by atoms with Gasteiger partial charge in [-0.2, -0.15) is 0 Å². The molecule has 2 N–H and O–H groups in total. The zero-order valence-electron chi connectivity index (χ0n) is 11.4. The van der Waals surface area contributed by atoms with Crippen LogP contribution in [0.25, 0.3) is 4.96 Å². The maximum Gasteiger partial charge on any atom is 0.271 e. The second-order valence-electron chi connectivity index (χ2n) is 4.62. The van der Waals surface area contributed by atoms with Gasteiger partial charge in [-0.1, -0.05) is 13.3 Å². The van der Waals surface area contributed by atoms with Crippen molar-refractivity contribution in [3.8, 4) is 0 Å². The molecule has 2 heterocycles. The minimum absolute atomic E-state index is 0.0102. The third-order valence-electron chi connectivity index (χ3n) is 2.89. The molecule has 0 saturated carbocycles. The molecule has 20 heavy (non-hydrogen) atoms. The first kappa shape index (κ1) is 14.7. The van der Waals surface area contributed by atoms with Crippen LogP contribution in [0.2, 0.25) is 0 Å². The first-order chi connectivity index (χ1) is 9.52. The van der Waals surface area contributed by atoms with Gasteiger partial charge in [0, 0.05) is 23.8 Å². The standard InChI is InChI=1S/C13H17N3O3S/c1-3-4-9(17)5-14-11(18)10-6-15-13-16(12(10)19)7-8(2)20-13/h6-7,9,17H,3-5H2,1-2H3,(H,14,18). The lowest BCUT2D eigenvalue weighted by Crippen LogP contribution is -2.35. The second-order valence-corrected chi connectivity index (χ2v) is 5.84. The number of carbonyl (C=O) groups excluding carboxylic acids is 1. The zero-order valence-corrected chi connectivity index (χ0v) is 12.2. The number of hydrogen-bond acceptors (Lipinski definition) is 5. The molecule has 2 rings (SSSR count). The van der Waals surface area contributed by atoms with Gasteiger partial charge in [0.05, 0.1) is 6.10 Å². The largest absolute Gasteiger partial charge is 0.391 e. The quantitative estimate of drug-likeness (QED) is 0.860. The molecular formula is C13H17N3O3S. The summed E-state index contributed by atoms with van der Waals surface area (Å²) in [6.07, 6.45) is 3.81. The fourth-order valence-electron chi connectivity index (χ4n) is 1.89. The third kappa shape index (κ3) is 3.05. The lowest BCUT2D eigenvalue weighted by atomic mass is 10.2. The molecule has 0 aliphatic rings. The fraction of sp³-hybridized carbons (Fsp3) is 0.462. The van der Waals surface area contributed by atoms with E-state index in [1.54, 1.807) is 6.20 Å². The van der Waals surface area contributed by atoms with Gasteiger partial charge in [-0.25, -0.2) is 4.98 Å². The number of aryl methyl sites for hydroxylation is 1. The molecule has 1 atom stereocenters. The van der Waals surface area contributed by atoms with E-state index in [0.717, 1.165) is 11.3 Å². The number of fused-ring (bicyclic) bond motifs is 1. The van der Waals surface area contributed by atoms with Crippen LogP contribution in [0.1, 0.15) is 35.0 Å². The predicted octanol–water partition coefficient (Wildman–Crippen LogP) is 0.955. The first-order valence-corrected chi connectivity index (χ1v) is 7.28. The van der Waals surface area contributed by atoms with E-state index >= 15 is 0 Å². The summed E-state index contributed by atoms with van der Waals surface area (Å²) >= 11 is 1.39. The highest BCUT2D eigenvalue weighted by atomic mass is 32.1. The number of aliphatic hydroxyl groups excluding tert-OH is 1. The summed E-state index contributed by atoms with van der Waals surface area (Å²) in [7, 11) is 0. The Morgan fingerprint density at radius 2 is 2.35 bits per heavy atom. The second kappa shape index (κ2) is 6.15. The van der Waals surface area contributed by atoms with E-state index in [1.165, 1.54) is 21.9 Å². The molecule has 0 aromatic carbocycles. The van der Waals surface area contributed by atoms with Gasteiger partial charge in [-0.05, 0) is 13.3 Å². The SMILES string of the molecule is CCCC(O)CNC(=O)c1cnc2sc(C)cn2c1=O. The number of nitrogens with one attached hydrogen (secondary N) is 1. The number of amides is 1. The van der Waals surface area contributed by atoms with Gasteiger partial charge < -0.3 is 10.4 Å². The van der Waals surface area contributed by atoms with Crippen molar-refractivity contribution in [2.24, 2.45) is 0 Å². The van der Waals surface area contributed by atoms with E-state index in [0.29, 0.717) is 11.4 Å². The number of hydrogen-bond donors (Lipinski definition) is 2. The van der Waals surface area contributed by atoms with Gasteiger partial charge in [0.2, 0.25) is 0 Å². The van der Waals surface area contributed by atoms with Crippen molar-refractivity contribution in [3.05, 3.63) is 33.2 Å². The summed E-state index contributed by atoms with van der Waals surface area (Å²) in [4.78, 5) is 29.7. The van der Waals surface area contributed by atoms with Crippen LogP contribution in [0, 0.1) is 6.92 Å². The van der Waals surface area contributed by atoms with Gasteiger partial charge in [0.15, 0.2) is 4.96 Å². The maximum absolute atomic E-state index is 12.2. The minimum Gasteiger partial charge on any atom is -0.391 e. The molecule has 1 unspecified atom stereocenters. The summed E-state index contributed by atoms with van der Waals surface area (Å²) in [5.74, 6) is -0.504. The molecule has 0 aliphatic heterocycles. The van der Waals surface area contributed by atoms with Crippen LogP contribution in [-0.2, 0) is 0 Å². The zero-order chi connectivity index (χ0) is 14.7. The van der Waals surface area contributed by atoms with Crippen LogP contribution >= 0.6 is 11.3 Å². The van der Waals surface area contributed by atoms with Gasteiger partial charge in [-0.15, -0.1) is 11.3 Å². The lowest BCUT2D eigenvalue weighted by molar-refractivity contribution is 0.0908. The monoisotopic (exact) mass is 295 g/mol. The van der Waals surface area contributed by atoms with Crippen molar-refractivity contribution < 1.29 is 9.90 Å². The highest BCUT2D eigenvalue weighted by molar-refractivity contribution is 7.16. The van der Waals surface area contributed by atoms with Gasteiger partial charge in [0.25, 0.3) is 11.5 Å². The fourth-order valence-corrected chi connectivity index (χ4v) is 2.68. The Labute approximate surface area is 120 Å². The van der Waals surface area contributed by atoms with Crippen molar-refractivity contribution in [2.75, 3.05) is 6.54 Å². The summed E-state index contributed by atoms with van der Waals surface area (Å²) in [6.45, 7) is 3.96. The van der Waals surface area contributed by atoms with Crippen LogP contribution in [0.15, 0.2) is 17.2 Å². The Morgan fingerprint density at radius 1 is 1.60 bits per heavy atom. The summed E-state index contributed by atoms with van der Waals surface area (Å²) < 4.78 is 1.37. The Kier molecular flexibility index (Phi) is 4.51. The van der Waals surface area contributed by atoms with E-state index in [-0.39, 0.29) is 17.7 Å². The summed E-state index contributed by atoms with van der Waals surface area (Å²) in [5.41, 5.74) is -0.397. The van der Waals surface area contributed by atoms with Gasteiger partial charge in [0.1, 0.15) is 5.56 Å². The topological polar surface area (TPSA) is 83.7 Å². The van der Waals surface area contributed by atoms with Crippen LogP contribution in [0.3, 0.4) is 0 Å². The average Bonchev–Trinajstić information content (AvgIpc) is 2.78. The highest BCUT2D eigenvalue weighted by Gasteiger charge is 2.15. The number of aliphatic hydroxyl groups is 1. The molecule has 0 spiro atoms. The summed E-state index contributed by atoms with van der Waals surface area (Å²) in [5, 5.41) is 12.1. The number of rotatable bonds is 5. The van der Waals surface area contributed by atoms with Crippen LogP contribution < -0.4 is 10.9 Å². The number of aromatic nitrogens is 2. The molecule has 2 aromatic heterocycles. The number of thiazole rings is 1. The van der Waals surface area contributed by atoms with Crippen LogP contribution in [-0.4, -0.2) is 33.0 Å². The van der Waals surface area contributed by atoms with Crippen LogP contribution in [0.4, 0.5) is 0 Å². The number of carbonyl (C=O) groups is 1. The van der Waals surface area contributed by atoms with Crippen molar-refractivity contribution in [2.45, 2.75) is 32.8 Å². The summed E-state index contributed by atoms with van der Waals surface area (Å²) in [6, 6.07) is 0. The molecule has 0 radical (unpaired) electrons. The normalized spacial score (nSPS) is 12.6. The van der Waals surface area contributed by atoms with E-state index in [4.69, 9.17) is 0 Å². The van der Waals surface area contributed by atoms with E-state index in [9.17, 15) is 14.7 Å². The van der Waals surface area contributed by atoms with Crippen molar-refractivity contribution in [3.63, 3.8) is 0 Å². The molecule has 0 fully saturated rings. The average molecular weight is 295 g/mol. The smallest absolute Gasteiger partial charge is 0.271 e. The first-order valence-electron chi connectivity index (χ1n) is 6.47. The third-order valence-corrected chi connectivity index (χ3v) is 3.80. The molecule has 0 bridgehead atoms. The predicted molar refractivity (Wildman–Crippen MR) is 77.3 cm³/mol. The Bertz CT molecular complexity index is 677. The Morgan fingerprint density at radius 3 is 3.05 bits per heavy atom. The number of nitrogens with zero attached hydrogens (tertiary/aromatic N) is 2. The van der Waals surface area contributed by atoms with Crippen molar-refractivity contribution in [1.82, 2.24) is 14.7 Å². The van der Waals surface area contributed by atoms with E-state index < -0.39 is 12.0 Å². The Balaban J connectivity index is 2.18. The highest BCUT2D eigenvalue weighted by Crippen LogP contribution is 2.12. The van der Waals surface area contributed by atoms with Gasteiger partial charge >= 0.3 is 0 Å². The molecule has 2 aromatic rings. The van der Waals surface area contributed by atoms with Crippen LogP contribution in [0.5, 0.6) is 0 Å². The maximum atomic E-state index is 12.2. The molecule has 0 aliphatic carbocycles. The minimum atomic E-state index is -0.591. The molecule has 7 heteroatoms. The van der Waals surface area contributed by atoms with Gasteiger partial charge in [-0.3, -0.25) is 14.0 Å². The Hall–Kier alpha value is -1.73. The van der Waals surface area contributed by atoms with E-state index in [2.05, 4.69) is 10.3 Å². The molecule has 1 amide bonds. The lowest BCUT2D eigenvalue weighted by Gasteiger charge is -2.10. The van der Waals surface area contributed by atoms with Crippen molar-refractivity contribution in [1.29, 1.82) is 0 Å². The molecule has 108 valence electrons.